The number of fused-ring (bicyclic) bond motifs is 1. The zero-order valence-electron chi connectivity index (χ0n) is 10.6. The van der Waals surface area contributed by atoms with Crippen LogP contribution in [0.3, 0.4) is 0 Å². The minimum Gasteiger partial charge on any atom is -0.376 e. The number of hydrogen-bond acceptors (Lipinski definition) is 5. The Balaban J connectivity index is 2.42. The number of ether oxygens (including phenoxy) is 2. The van der Waals surface area contributed by atoms with E-state index in [-0.39, 0.29) is 6.10 Å². The predicted molar refractivity (Wildman–Crippen MR) is 65.0 cm³/mol. The van der Waals surface area contributed by atoms with Crippen LogP contribution in [0.5, 0.6) is 0 Å². The van der Waals surface area contributed by atoms with Gasteiger partial charge in [0.2, 0.25) is 0 Å². The molecule has 1 atom stereocenters. The largest absolute Gasteiger partial charge is 0.376 e. The molecule has 2 rings (SSSR count). The van der Waals surface area contributed by atoms with Crippen LogP contribution in [-0.4, -0.2) is 30.7 Å². The Labute approximate surface area is 102 Å². The fourth-order valence-corrected chi connectivity index (χ4v) is 2.06. The highest BCUT2D eigenvalue weighted by molar-refractivity contribution is 5.46. The quantitative estimate of drug-likeness (QED) is 0.863. The van der Waals surface area contributed by atoms with Crippen molar-refractivity contribution in [2.75, 3.05) is 26.1 Å². The molecule has 1 N–H and O–H groups in total. The maximum atomic E-state index is 5.44. The maximum Gasteiger partial charge on any atom is 0.159 e. The van der Waals surface area contributed by atoms with E-state index in [9.17, 15) is 0 Å². The minimum atomic E-state index is -0.0322. The van der Waals surface area contributed by atoms with E-state index < -0.39 is 0 Å². The summed E-state index contributed by atoms with van der Waals surface area (Å²) in [4.78, 5) is 9.13. The monoisotopic (exact) mass is 237 g/mol. The van der Waals surface area contributed by atoms with Crippen LogP contribution >= 0.6 is 0 Å². The molecule has 17 heavy (non-hydrogen) atoms. The second kappa shape index (κ2) is 5.42. The van der Waals surface area contributed by atoms with Gasteiger partial charge in [-0.25, -0.2) is 9.97 Å². The summed E-state index contributed by atoms with van der Waals surface area (Å²) in [6, 6.07) is 0. The summed E-state index contributed by atoms with van der Waals surface area (Å²) < 4.78 is 10.8. The minimum absolute atomic E-state index is 0.0322. The number of rotatable bonds is 4. The molecule has 1 aliphatic heterocycles. The number of anilines is 1. The Kier molecular flexibility index (Phi) is 3.91. The standard InChI is InChI=1S/C12H19N3O2/c1-4-10(16-3)12-14-9-5-6-17-7-8(9)11(13-2)15-12/h10H,4-7H2,1-3H3,(H,13,14,15). The highest BCUT2D eigenvalue weighted by Gasteiger charge is 2.20. The first-order valence-corrected chi connectivity index (χ1v) is 5.98. The molecule has 0 saturated carbocycles. The lowest BCUT2D eigenvalue weighted by Crippen LogP contribution is -2.18. The number of aromatic nitrogens is 2. The van der Waals surface area contributed by atoms with Gasteiger partial charge in [0, 0.05) is 26.1 Å². The lowest BCUT2D eigenvalue weighted by atomic mass is 10.1. The number of hydrogen-bond donors (Lipinski definition) is 1. The van der Waals surface area contributed by atoms with Crippen molar-refractivity contribution < 1.29 is 9.47 Å². The molecular formula is C12H19N3O2. The van der Waals surface area contributed by atoms with E-state index >= 15 is 0 Å². The molecule has 0 spiro atoms. The van der Waals surface area contributed by atoms with Crippen molar-refractivity contribution in [2.24, 2.45) is 0 Å². The van der Waals surface area contributed by atoms with E-state index in [1.54, 1.807) is 7.11 Å². The first-order valence-electron chi connectivity index (χ1n) is 5.98. The van der Waals surface area contributed by atoms with Crippen LogP contribution in [0.2, 0.25) is 0 Å². The molecule has 5 nitrogen and oxygen atoms in total. The Morgan fingerprint density at radius 2 is 2.29 bits per heavy atom. The van der Waals surface area contributed by atoms with Gasteiger partial charge in [-0.2, -0.15) is 0 Å². The van der Waals surface area contributed by atoms with Crippen LogP contribution in [0.4, 0.5) is 5.82 Å². The molecular weight excluding hydrogens is 218 g/mol. The maximum absolute atomic E-state index is 5.44. The molecule has 0 aromatic carbocycles. The smallest absolute Gasteiger partial charge is 0.159 e. The first kappa shape index (κ1) is 12.3. The average Bonchev–Trinajstić information content (AvgIpc) is 2.39. The van der Waals surface area contributed by atoms with Crippen molar-refractivity contribution in [1.82, 2.24) is 9.97 Å². The molecule has 5 heteroatoms. The summed E-state index contributed by atoms with van der Waals surface area (Å²) in [5, 5.41) is 3.11. The molecule has 1 unspecified atom stereocenters. The van der Waals surface area contributed by atoms with E-state index in [4.69, 9.17) is 9.47 Å². The van der Waals surface area contributed by atoms with E-state index in [0.29, 0.717) is 6.61 Å². The second-order valence-electron chi connectivity index (χ2n) is 4.04. The van der Waals surface area contributed by atoms with Gasteiger partial charge in [-0.1, -0.05) is 6.92 Å². The fraction of sp³-hybridized carbons (Fsp3) is 0.667. The topological polar surface area (TPSA) is 56.3 Å². The van der Waals surface area contributed by atoms with Gasteiger partial charge in [-0.3, -0.25) is 0 Å². The molecule has 0 radical (unpaired) electrons. The fourth-order valence-electron chi connectivity index (χ4n) is 2.06. The van der Waals surface area contributed by atoms with E-state index in [0.717, 1.165) is 42.3 Å². The van der Waals surface area contributed by atoms with Gasteiger partial charge in [0.05, 0.1) is 18.9 Å². The molecule has 0 bridgehead atoms. The van der Waals surface area contributed by atoms with Crippen LogP contribution in [0.25, 0.3) is 0 Å². The van der Waals surface area contributed by atoms with Crippen LogP contribution < -0.4 is 5.32 Å². The number of nitrogens with zero attached hydrogens (tertiary/aromatic N) is 2. The lowest BCUT2D eigenvalue weighted by molar-refractivity contribution is 0.0895. The second-order valence-corrected chi connectivity index (χ2v) is 4.04. The predicted octanol–water partition coefficient (Wildman–Crippen LogP) is 1.69. The molecule has 1 aromatic heterocycles. The van der Waals surface area contributed by atoms with Gasteiger partial charge in [-0.15, -0.1) is 0 Å². The molecule has 1 aromatic rings. The van der Waals surface area contributed by atoms with E-state index in [2.05, 4.69) is 22.2 Å². The summed E-state index contributed by atoms with van der Waals surface area (Å²) in [6.45, 7) is 3.39. The number of methoxy groups -OCH3 is 1. The summed E-state index contributed by atoms with van der Waals surface area (Å²) in [6.07, 6.45) is 1.68. The zero-order valence-corrected chi connectivity index (χ0v) is 10.6. The molecule has 0 aliphatic carbocycles. The van der Waals surface area contributed by atoms with Gasteiger partial charge in [0.1, 0.15) is 11.9 Å². The third-order valence-electron chi connectivity index (χ3n) is 3.02. The van der Waals surface area contributed by atoms with Gasteiger partial charge >= 0.3 is 0 Å². The Morgan fingerprint density at radius 1 is 1.47 bits per heavy atom. The van der Waals surface area contributed by atoms with Crippen LogP contribution in [0, 0.1) is 0 Å². The Bertz CT molecular complexity index is 374. The van der Waals surface area contributed by atoms with Gasteiger partial charge in [-0.05, 0) is 6.42 Å². The Hall–Kier alpha value is -1.20. The van der Waals surface area contributed by atoms with Crippen molar-refractivity contribution in [3.63, 3.8) is 0 Å². The summed E-state index contributed by atoms with van der Waals surface area (Å²) in [5.41, 5.74) is 2.16. The molecule has 2 heterocycles. The highest BCUT2D eigenvalue weighted by Crippen LogP contribution is 2.25. The summed E-state index contributed by atoms with van der Waals surface area (Å²) >= 11 is 0. The third kappa shape index (κ3) is 2.40. The molecule has 0 saturated heterocycles. The van der Waals surface area contributed by atoms with Crippen LogP contribution in [-0.2, 0) is 22.5 Å². The van der Waals surface area contributed by atoms with Crippen molar-refractivity contribution in [3.05, 3.63) is 17.1 Å². The number of nitrogens with one attached hydrogen (secondary N) is 1. The Morgan fingerprint density at radius 3 is 2.94 bits per heavy atom. The molecule has 0 fully saturated rings. The average molecular weight is 237 g/mol. The summed E-state index contributed by atoms with van der Waals surface area (Å²) in [7, 11) is 3.56. The van der Waals surface area contributed by atoms with Gasteiger partial charge in [0.15, 0.2) is 5.82 Å². The van der Waals surface area contributed by atoms with Crippen molar-refractivity contribution in [1.29, 1.82) is 0 Å². The van der Waals surface area contributed by atoms with Crippen molar-refractivity contribution >= 4 is 5.82 Å². The molecule has 94 valence electrons. The zero-order chi connectivity index (χ0) is 12.3. The molecule has 0 amide bonds. The first-order chi connectivity index (χ1) is 8.30. The van der Waals surface area contributed by atoms with E-state index in [1.165, 1.54) is 0 Å². The van der Waals surface area contributed by atoms with E-state index in [1.807, 2.05) is 7.05 Å². The van der Waals surface area contributed by atoms with Crippen molar-refractivity contribution in [3.8, 4) is 0 Å². The lowest BCUT2D eigenvalue weighted by Gasteiger charge is -2.21. The van der Waals surface area contributed by atoms with Gasteiger partial charge < -0.3 is 14.8 Å². The van der Waals surface area contributed by atoms with Crippen LogP contribution in [0.15, 0.2) is 0 Å². The third-order valence-corrected chi connectivity index (χ3v) is 3.02. The normalized spacial score (nSPS) is 16.4. The van der Waals surface area contributed by atoms with Gasteiger partial charge in [0.25, 0.3) is 0 Å². The molecule has 1 aliphatic rings. The summed E-state index contributed by atoms with van der Waals surface area (Å²) in [5.74, 6) is 1.63. The SMILES string of the molecule is CCC(OC)c1nc2c(c(NC)n1)COCC2. The van der Waals surface area contributed by atoms with Crippen molar-refractivity contribution in [2.45, 2.75) is 32.5 Å². The van der Waals surface area contributed by atoms with Crippen LogP contribution in [0.1, 0.15) is 36.5 Å². The highest BCUT2D eigenvalue weighted by atomic mass is 16.5.